The molecule has 0 N–H and O–H groups in total. The number of aromatic nitrogens is 2. The molecule has 0 spiro atoms. The minimum atomic E-state index is 0.251. The summed E-state index contributed by atoms with van der Waals surface area (Å²) in [4.78, 5) is 8.78. The number of nitrogens with zero attached hydrogens (tertiary/aromatic N) is 2. The van der Waals surface area contributed by atoms with Crippen LogP contribution in [0.4, 0.5) is 0 Å². The molecule has 0 amide bonds. The van der Waals surface area contributed by atoms with Crippen LogP contribution in [0.15, 0.2) is 24.3 Å². The first-order valence-electron chi connectivity index (χ1n) is 6.33. The van der Waals surface area contributed by atoms with Crippen LogP contribution in [0, 0.1) is 6.92 Å². The van der Waals surface area contributed by atoms with E-state index in [9.17, 15) is 0 Å². The quantitative estimate of drug-likeness (QED) is 0.721. The molecule has 1 heterocycles. The predicted octanol–water partition coefficient (Wildman–Crippen LogP) is 5.27. The van der Waals surface area contributed by atoms with Crippen LogP contribution in [0.2, 0.25) is 10.3 Å². The Morgan fingerprint density at radius 2 is 1.68 bits per heavy atom. The molecule has 0 fully saturated rings. The van der Waals surface area contributed by atoms with E-state index >= 15 is 0 Å². The number of halogens is 2. The number of hydrogen-bond acceptors (Lipinski definition) is 2. The Labute approximate surface area is 123 Å². The van der Waals surface area contributed by atoms with E-state index in [2.05, 4.69) is 23.8 Å². The van der Waals surface area contributed by atoms with Gasteiger partial charge in [0.1, 0.15) is 16.1 Å². The van der Waals surface area contributed by atoms with E-state index in [0.29, 0.717) is 21.7 Å². The van der Waals surface area contributed by atoms with Gasteiger partial charge in [-0.05, 0) is 24.5 Å². The van der Waals surface area contributed by atoms with Crippen molar-refractivity contribution in [2.75, 3.05) is 0 Å². The highest BCUT2D eigenvalue weighted by Crippen LogP contribution is 2.35. The number of benzene rings is 1. The molecule has 1 aromatic heterocycles. The first-order chi connectivity index (χ1) is 9.04. The summed E-state index contributed by atoms with van der Waals surface area (Å²) in [7, 11) is 0. The summed E-state index contributed by atoms with van der Waals surface area (Å²) in [5.74, 6) is 0.954. The third kappa shape index (κ3) is 2.90. The Kier molecular flexibility index (Phi) is 4.43. The van der Waals surface area contributed by atoms with E-state index < -0.39 is 0 Å². The Bertz CT molecular complexity index is 573. The van der Waals surface area contributed by atoms with Crippen molar-refractivity contribution in [1.82, 2.24) is 9.97 Å². The zero-order chi connectivity index (χ0) is 14.0. The lowest BCUT2D eigenvalue weighted by Gasteiger charge is -2.13. The molecule has 2 rings (SSSR count). The third-order valence-corrected chi connectivity index (χ3v) is 3.85. The molecule has 0 aliphatic rings. The van der Waals surface area contributed by atoms with Crippen molar-refractivity contribution in [2.45, 2.75) is 33.1 Å². The van der Waals surface area contributed by atoms with Crippen LogP contribution in [-0.4, -0.2) is 9.97 Å². The van der Waals surface area contributed by atoms with Crippen LogP contribution in [-0.2, 0) is 0 Å². The highest BCUT2D eigenvalue weighted by atomic mass is 35.5. The molecular formula is C15H16Cl2N2. The van der Waals surface area contributed by atoms with Crippen LogP contribution < -0.4 is 0 Å². The van der Waals surface area contributed by atoms with Crippen molar-refractivity contribution in [3.8, 4) is 11.1 Å². The monoisotopic (exact) mass is 294 g/mol. The van der Waals surface area contributed by atoms with Gasteiger partial charge in [0.25, 0.3) is 0 Å². The Balaban J connectivity index is 2.58. The second-order valence-corrected chi connectivity index (χ2v) is 5.38. The van der Waals surface area contributed by atoms with Gasteiger partial charge in [-0.25, -0.2) is 9.97 Å². The first kappa shape index (κ1) is 14.3. The zero-order valence-corrected chi connectivity index (χ0v) is 12.8. The van der Waals surface area contributed by atoms with Gasteiger partial charge < -0.3 is 0 Å². The van der Waals surface area contributed by atoms with E-state index in [1.807, 2.05) is 31.2 Å². The van der Waals surface area contributed by atoms with Crippen LogP contribution >= 0.6 is 23.2 Å². The van der Waals surface area contributed by atoms with Crippen molar-refractivity contribution in [2.24, 2.45) is 0 Å². The first-order valence-corrected chi connectivity index (χ1v) is 7.09. The largest absolute Gasteiger partial charge is 0.220 e. The summed E-state index contributed by atoms with van der Waals surface area (Å²) in [5, 5.41) is 0.842. The fraction of sp³-hybridized carbons (Fsp3) is 0.333. The minimum Gasteiger partial charge on any atom is -0.220 e. The van der Waals surface area contributed by atoms with Crippen molar-refractivity contribution in [3.63, 3.8) is 0 Å². The van der Waals surface area contributed by atoms with Crippen LogP contribution in [0.1, 0.15) is 37.6 Å². The van der Waals surface area contributed by atoms with Crippen molar-refractivity contribution in [1.29, 1.82) is 0 Å². The molecule has 0 saturated heterocycles. The summed E-state index contributed by atoms with van der Waals surface area (Å²) in [6, 6.07) is 7.94. The maximum atomic E-state index is 6.31. The van der Waals surface area contributed by atoms with E-state index in [1.165, 1.54) is 0 Å². The van der Waals surface area contributed by atoms with Crippen LogP contribution in [0.3, 0.4) is 0 Å². The zero-order valence-electron chi connectivity index (χ0n) is 11.2. The molecular weight excluding hydrogens is 279 g/mol. The van der Waals surface area contributed by atoms with Gasteiger partial charge in [-0.15, -0.1) is 0 Å². The molecule has 1 unspecified atom stereocenters. The second kappa shape index (κ2) is 5.89. The lowest BCUT2D eigenvalue weighted by Crippen LogP contribution is -2.02. The average molecular weight is 295 g/mol. The van der Waals surface area contributed by atoms with E-state index in [0.717, 1.165) is 17.5 Å². The topological polar surface area (TPSA) is 25.8 Å². The predicted molar refractivity (Wildman–Crippen MR) is 80.9 cm³/mol. The van der Waals surface area contributed by atoms with Gasteiger partial charge in [-0.2, -0.15) is 0 Å². The van der Waals surface area contributed by atoms with Gasteiger partial charge in [-0.1, -0.05) is 61.3 Å². The van der Waals surface area contributed by atoms with Gasteiger partial charge in [0.2, 0.25) is 0 Å². The molecule has 19 heavy (non-hydrogen) atoms. The SMILES string of the molecule is CCC(C)c1nc(Cl)c(-c2ccccc2C)c(Cl)n1. The van der Waals surface area contributed by atoms with Crippen LogP contribution in [0.5, 0.6) is 0 Å². The molecule has 4 heteroatoms. The van der Waals surface area contributed by atoms with Gasteiger partial charge in [0, 0.05) is 5.92 Å². The third-order valence-electron chi connectivity index (χ3n) is 3.31. The lowest BCUT2D eigenvalue weighted by atomic mass is 10.0. The maximum absolute atomic E-state index is 6.31. The molecule has 2 nitrogen and oxygen atoms in total. The highest BCUT2D eigenvalue weighted by molar-refractivity contribution is 6.37. The summed E-state index contributed by atoms with van der Waals surface area (Å²) < 4.78 is 0. The normalized spacial score (nSPS) is 12.5. The fourth-order valence-electron chi connectivity index (χ4n) is 1.90. The number of aryl methyl sites for hydroxylation is 1. The van der Waals surface area contributed by atoms with Crippen molar-refractivity contribution in [3.05, 3.63) is 46.0 Å². The molecule has 100 valence electrons. The summed E-state index contributed by atoms with van der Waals surface area (Å²) in [5.41, 5.74) is 2.80. The molecule has 1 atom stereocenters. The Morgan fingerprint density at radius 1 is 1.11 bits per heavy atom. The molecule has 1 aromatic carbocycles. The molecule has 0 aliphatic carbocycles. The van der Waals surface area contributed by atoms with Gasteiger partial charge in [-0.3, -0.25) is 0 Å². The van der Waals surface area contributed by atoms with Crippen molar-refractivity contribution < 1.29 is 0 Å². The minimum absolute atomic E-state index is 0.251. The average Bonchev–Trinajstić information content (AvgIpc) is 2.39. The van der Waals surface area contributed by atoms with Crippen LogP contribution in [0.25, 0.3) is 11.1 Å². The van der Waals surface area contributed by atoms with E-state index in [1.54, 1.807) is 0 Å². The van der Waals surface area contributed by atoms with E-state index in [4.69, 9.17) is 23.2 Å². The van der Waals surface area contributed by atoms with Gasteiger partial charge in [0.05, 0.1) is 5.56 Å². The fourth-order valence-corrected chi connectivity index (χ4v) is 2.51. The standard InChI is InChI=1S/C15H16Cl2N2/c1-4-9(2)15-18-13(16)12(14(17)19-15)11-8-6-5-7-10(11)3/h5-9H,4H2,1-3H3. The summed E-state index contributed by atoms with van der Waals surface area (Å²) in [6.07, 6.45) is 0.955. The Morgan fingerprint density at radius 3 is 2.21 bits per heavy atom. The molecule has 0 aliphatic heterocycles. The molecule has 2 aromatic rings. The van der Waals surface area contributed by atoms with E-state index in [-0.39, 0.29) is 5.92 Å². The highest BCUT2D eigenvalue weighted by Gasteiger charge is 2.17. The van der Waals surface area contributed by atoms with Crippen molar-refractivity contribution >= 4 is 23.2 Å². The molecule has 0 radical (unpaired) electrons. The maximum Gasteiger partial charge on any atom is 0.142 e. The summed E-state index contributed by atoms with van der Waals surface area (Å²) >= 11 is 12.6. The smallest absolute Gasteiger partial charge is 0.142 e. The second-order valence-electron chi connectivity index (χ2n) is 4.66. The van der Waals surface area contributed by atoms with Gasteiger partial charge >= 0.3 is 0 Å². The van der Waals surface area contributed by atoms with Gasteiger partial charge in [0.15, 0.2) is 0 Å². The Hall–Kier alpha value is -1.12. The number of hydrogen-bond donors (Lipinski definition) is 0. The lowest BCUT2D eigenvalue weighted by molar-refractivity contribution is 0.679. The number of rotatable bonds is 3. The molecule has 0 bridgehead atoms. The molecule has 0 saturated carbocycles. The summed E-state index contributed by atoms with van der Waals surface area (Å²) in [6.45, 7) is 6.17.